The Morgan fingerprint density at radius 2 is 1.91 bits per heavy atom. The van der Waals surface area contributed by atoms with Crippen molar-refractivity contribution in [1.29, 1.82) is 5.26 Å². The van der Waals surface area contributed by atoms with Gasteiger partial charge >= 0.3 is 0 Å². The lowest BCUT2D eigenvalue weighted by Gasteiger charge is -2.26. The highest BCUT2D eigenvalue weighted by Crippen LogP contribution is 2.35. The zero-order valence-corrected chi connectivity index (χ0v) is 13.2. The van der Waals surface area contributed by atoms with Gasteiger partial charge in [0.25, 0.3) is 0 Å². The number of pyridine rings is 1. The fraction of sp³-hybridized carbons (Fsp3) is 0.333. The molecule has 0 saturated heterocycles. The van der Waals surface area contributed by atoms with Crippen molar-refractivity contribution in [2.75, 3.05) is 18.5 Å². The molecule has 2 aromatic rings. The lowest BCUT2D eigenvalue weighted by molar-refractivity contribution is 0.171. The van der Waals surface area contributed by atoms with Gasteiger partial charge in [-0.15, -0.1) is 0 Å². The highest BCUT2D eigenvalue weighted by atomic mass is 16.6. The topological polar surface area (TPSA) is 67.2 Å². The fourth-order valence-electron chi connectivity index (χ4n) is 2.59. The summed E-state index contributed by atoms with van der Waals surface area (Å²) in [6, 6.07) is 11.8. The smallest absolute Gasteiger partial charge is 0.161 e. The number of hydrogen-bond donors (Lipinski definition) is 1. The maximum Gasteiger partial charge on any atom is 0.161 e. The van der Waals surface area contributed by atoms with Crippen molar-refractivity contribution in [2.24, 2.45) is 5.92 Å². The van der Waals surface area contributed by atoms with Crippen LogP contribution >= 0.6 is 0 Å². The van der Waals surface area contributed by atoms with E-state index in [-0.39, 0.29) is 6.04 Å². The van der Waals surface area contributed by atoms with Gasteiger partial charge < -0.3 is 14.8 Å². The number of ether oxygens (including phenoxy) is 2. The lowest BCUT2D eigenvalue weighted by Crippen LogP contribution is -2.19. The van der Waals surface area contributed by atoms with E-state index in [9.17, 15) is 0 Å². The third-order valence-corrected chi connectivity index (χ3v) is 3.79. The molecule has 0 fully saturated rings. The first-order chi connectivity index (χ1) is 11.2. The summed E-state index contributed by atoms with van der Waals surface area (Å²) in [6.07, 6.45) is 1.57. The molecule has 3 rings (SSSR count). The zero-order valence-electron chi connectivity index (χ0n) is 13.2. The van der Waals surface area contributed by atoms with Crippen LogP contribution in [0.1, 0.15) is 31.0 Å². The number of anilines is 1. The molecule has 0 bridgehead atoms. The SMILES string of the molecule is CC(C)C(Nc1ccc(C#N)cn1)c1ccc2c(c1)OCCO2. The van der Waals surface area contributed by atoms with Crippen LogP contribution in [0, 0.1) is 17.2 Å². The summed E-state index contributed by atoms with van der Waals surface area (Å²) in [5.41, 5.74) is 1.67. The summed E-state index contributed by atoms with van der Waals surface area (Å²) in [7, 11) is 0. The average Bonchev–Trinajstić information content (AvgIpc) is 2.59. The first-order valence-corrected chi connectivity index (χ1v) is 7.69. The van der Waals surface area contributed by atoms with Crippen LogP contribution in [0.25, 0.3) is 0 Å². The van der Waals surface area contributed by atoms with Crippen LogP contribution in [0.5, 0.6) is 11.5 Å². The molecular weight excluding hydrogens is 290 g/mol. The molecule has 1 atom stereocenters. The molecule has 1 aliphatic heterocycles. The molecule has 0 amide bonds. The minimum absolute atomic E-state index is 0.0891. The maximum absolute atomic E-state index is 8.85. The summed E-state index contributed by atoms with van der Waals surface area (Å²) < 4.78 is 11.2. The van der Waals surface area contributed by atoms with Crippen LogP contribution in [0.4, 0.5) is 5.82 Å². The van der Waals surface area contributed by atoms with Gasteiger partial charge in [-0.2, -0.15) is 5.26 Å². The van der Waals surface area contributed by atoms with Gasteiger partial charge in [0.15, 0.2) is 11.5 Å². The van der Waals surface area contributed by atoms with Gasteiger partial charge in [0.05, 0.1) is 11.6 Å². The van der Waals surface area contributed by atoms with Crippen LogP contribution < -0.4 is 14.8 Å². The predicted molar refractivity (Wildman–Crippen MR) is 87.6 cm³/mol. The van der Waals surface area contributed by atoms with E-state index < -0.39 is 0 Å². The van der Waals surface area contributed by atoms with Crippen molar-refractivity contribution in [3.8, 4) is 17.6 Å². The van der Waals surface area contributed by atoms with Crippen molar-refractivity contribution in [3.05, 3.63) is 47.7 Å². The van der Waals surface area contributed by atoms with Gasteiger partial charge in [0.2, 0.25) is 0 Å². The Bertz CT molecular complexity index is 720. The van der Waals surface area contributed by atoms with Crippen LogP contribution in [0.2, 0.25) is 0 Å². The summed E-state index contributed by atoms with van der Waals surface area (Å²) >= 11 is 0. The summed E-state index contributed by atoms with van der Waals surface area (Å²) in [5, 5.41) is 12.3. The molecule has 1 aromatic carbocycles. The number of nitriles is 1. The molecule has 118 valence electrons. The quantitative estimate of drug-likeness (QED) is 0.935. The number of benzene rings is 1. The number of nitrogens with zero attached hydrogens (tertiary/aromatic N) is 2. The van der Waals surface area contributed by atoms with Crippen LogP contribution in [0.3, 0.4) is 0 Å². The van der Waals surface area contributed by atoms with E-state index in [4.69, 9.17) is 14.7 Å². The number of fused-ring (bicyclic) bond motifs is 1. The molecule has 5 nitrogen and oxygen atoms in total. The molecule has 5 heteroatoms. The Hall–Kier alpha value is -2.74. The monoisotopic (exact) mass is 309 g/mol. The van der Waals surface area contributed by atoms with Crippen LogP contribution in [-0.4, -0.2) is 18.2 Å². The Labute approximate surface area is 135 Å². The number of hydrogen-bond acceptors (Lipinski definition) is 5. The largest absolute Gasteiger partial charge is 0.486 e. The van der Waals surface area contributed by atoms with Gasteiger partial charge in [-0.3, -0.25) is 0 Å². The van der Waals surface area contributed by atoms with Gasteiger partial charge in [-0.25, -0.2) is 4.98 Å². The molecular formula is C18H19N3O2. The molecule has 1 aliphatic rings. The normalized spacial score (nSPS) is 14.2. The molecule has 2 heterocycles. The molecule has 1 unspecified atom stereocenters. The molecule has 1 N–H and O–H groups in total. The van der Waals surface area contributed by atoms with Crippen molar-refractivity contribution in [3.63, 3.8) is 0 Å². The standard InChI is InChI=1S/C18H19N3O2/c1-12(2)18(21-17-6-3-13(10-19)11-20-17)14-4-5-15-16(9-14)23-8-7-22-15/h3-6,9,11-12,18H,7-8H2,1-2H3,(H,20,21). The van der Waals surface area contributed by atoms with Crippen molar-refractivity contribution >= 4 is 5.82 Å². The van der Waals surface area contributed by atoms with Crippen molar-refractivity contribution in [1.82, 2.24) is 4.98 Å². The van der Waals surface area contributed by atoms with Crippen molar-refractivity contribution < 1.29 is 9.47 Å². The highest BCUT2D eigenvalue weighted by molar-refractivity contribution is 5.47. The van der Waals surface area contributed by atoms with Gasteiger partial charge in [0.1, 0.15) is 25.1 Å². The van der Waals surface area contributed by atoms with E-state index in [0.717, 1.165) is 22.9 Å². The predicted octanol–water partition coefficient (Wildman–Crippen LogP) is 3.53. The van der Waals surface area contributed by atoms with Gasteiger partial charge in [-0.1, -0.05) is 19.9 Å². The van der Waals surface area contributed by atoms with E-state index in [1.807, 2.05) is 18.2 Å². The van der Waals surface area contributed by atoms with E-state index in [1.165, 1.54) is 0 Å². The second-order valence-corrected chi connectivity index (χ2v) is 5.81. The minimum Gasteiger partial charge on any atom is -0.486 e. The van der Waals surface area contributed by atoms with E-state index >= 15 is 0 Å². The first kappa shape index (κ1) is 15.2. The first-order valence-electron chi connectivity index (χ1n) is 7.69. The average molecular weight is 309 g/mol. The minimum atomic E-state index is 0.0891. The maximum atomic E-state index is 8.85. The molecule has 23 heavy (non-hydrogen) atoms. The lowest BCUT2D eigenvalue weighted by atomic mass is 9.95. The third-order valence-electron chi connectivity index (χ3n) is 3.79. The number of rotatable bonds is 4. The number of nitrogens with one attached hydrogen (secondary N) is 1. The van der Waals surface area contributed by atoms with Gasteiger partial charge in [-0.05, 0) is 35.7 Å². The Balaban J connectivity index is 1.85. The van der Waals surface area contributed by atoms with E-state index in [1.54, 1.807) is 12.3 Å². The van der Waals surface area contributed by atoms with Crippen LogP contribution in [0.15, 0.2) is 36.5 Å². The zero-order chi connectivity index (χ0) is 16.2. The molecule has 0 spiro atoms. The summed E-state index contributed by atoms with van der Waals surface area (Å²) in [6.45, 7) is 5.47. The fourth-order valence-corrected chi connectivity index (χ4v) is 2.59. The number of aromatic nitrogens is 1. The van der Waals surface area contributed by atoms with Crippen molar-refractivity contribution in [2.45, 2.75) is 19.9 Å². The van der Waals surface area contributed by atoms with Crippen LogP contribution in [-0.2, 0) is 0 Å². The Morgan fingerprint density at radius 3 is 2.57 bits per heavy atom. The Kier molecular flexibility index (Phi) is 4.33. The Morgan fingerprint density at radius 1 is 1.13 bits per heavy atom. The molecule has 0 aliphatic carbocycles. The molecule has 0 radical (unpaired) electrons. The second-order valence-electron chi connectivity index (χ2n) is 5.81. The van der Waals surface area contributed by atoms with E-state index in [0.29, 0.717) is 24.7 Å². The van der Waals surface area contributed by atoms with E-state index in [2.05, 4.69) is 36.3 Å². The second kappa shape index (κ2) is 6.57. The summed E-state index contributed by atoms with van der Waals surface area (Å²) in [4.78, 5) is 4.30. The molecule has 0 saturated carbocycles. The highest BCUT2D eigenvalue weighted by Gasteiger charge is 2.20. The third kappa shape index (κ3) is 3.37. The summed E-state index contributed by atoms with van der Waals surface area (Å²) in [5.74, 6) is 2.68. The molecule has 1 aromatic heterocycles. The van der Waals surface area contributed by atoms with Gasteiger partial charge in [0, 0.05) is 6.20 Å².